The molecule has 2 fully saturated rings. The lowest BCUT2D eigenvalue weighted by Gasteiger charge is -2.51. The summed E-state index contributed by atoms with van der Waals surface area (Å²) in [4.78, 5) is 5.86. The summed E-state index contributed by atoms with van der Waals surface area (Å²) in [7, 11) is 0. The molecule has 1 aromatic heterocycles. The van der Waals surface area contributed by atoms with E-state index >= 15 is 0 Å². The summed E-state index contributed by atoms with van der Waals surface area (Å²) in [6.45, 7) is 1.76. The van der Waals surface area contributed by atoms with Crippen molar-refractivity contribution in [1.82, 2.24) is 9.88 Å². The van der Waals surface area contributed by atoms with Gasteiger partial charge in [-0.1, -0.05) is 36.4 Å². The van der Waals surface area contributed by atoms with Crippen molar-refractivity contribution in [3.05, 3.63) is 65.5 Å². The van der Waals surface area contributed by atoms with E-state index in [2.05, 4.69) is 22.0 Å². The predicted molar refractivity (Wildman–Crippen MR) is 92.7 cm³/mol. The largest absolute Gasteiger partial charge is 0.433 e. The van der Waals surface area contributed by atoms with E-state index in [-0.39, 0.29) is 12.1 Å². The molecule has 0 radical (unpaired) electrons. The minimum Gasteiger partial charge on any atom is -0.385 e. The second-order valence-electron chi connectivity index (χ2n) is 7.37. The lowest BCUT2D eigenvalue weighted by Crippen LogP contribution is -2.60. The van der Waals surface area contributed by atoms with Crippen LogP contribution in [0.3, 0.4) is 0 Å². The third-order valence-electron chi connectivity index (χ3n) is 5.50. The molecule has 3 heterocycles. The van der Waals surface area contributed by atoms with Gasteiger partial charge in [0.05, 0.1) is 18.8 Å². The number of morpholine rings is 1. The molecule has 0 amide bonds. The third-order valence-corrected chi connectivity index (χ3v) is 5.50. The Bertz CT molecular complexity index is 766. The highest BCUT2D eigenvalue weighted by Crippen LogP contribution is 2.41. The van der Waals surface area contributed by atoms with Crippen molar-refractivity contribution in [2.24, 2.45) is 0 Å². The average Bonchev–Trinajstić information content (AvgIpc) is 2.63. The molecule has 1 aromatic carbocycles. The first-order valence-electron chi connectivity index (χ1n) is 8.99. The maximum Gasteiger partial charge on any atom is 0.433 e. The molecule has 2 bridgehead atoms. The fourth-order valence-electron chi connectivity index (χ4n) is 4.17. The SMILES string of the molecule is OC1(c2ccc(C(F)(F)F)nc2)CC2COCC(C1)N2Cc1ccccc1. The molecule has 2 saturated heterocycles. The van der Waals surface area contributed by atoms with Crippen LogP contribution < -0.4 is 0 Å². The van der Waals surface area contributed by atoms with Crippen LogP contribution in [0.15, 0.2) is 48.7 Å². The number of halogens is 3. The summed E-state index contributed by atoms with van der Waals surface area (Å²) in [5, 5.41) is 11.2. The quantitative estimate of drug-likeness (QED) is 0.890. The van der Waals surface area contributed by atoms with Gasteiger partial charge in [0.25, 0.3) is 0 Å². The van der Waals surface area contributed by atoms with Crippen LogP contribution >= 0.6 is 0 Å². The molecule has 2 atom stereocenters. The van der Waals surface area contributed by atoms with Gasteiger partial charge in [0.1, 0.15) is 5.69 Å². The summed E-state index contributed by atoms with van der Waals surface area (Å²) in [6, 6.07) is 12.4. The predicted octanol–water partition coefficient (Wildman–Crippen LogP) is 3.35. The van der Waals surface area contributed by atoms with Gasteiger partial charge >= 0.3 is 6.18 Å². The molecule has 0 spiro atoms. The number of aromatic nitrogens is 1. The molecule has 144 valence electrons. The number of alkyl halides is 3. The van der Waals surface area contributed by atoms with Gasteiger partial charge < -0.3 is 9.84 Å². The number of ether oxygens (including phenoxy) is 1. The maximum absolute atomic E-state index is 12.8. The van der Waals surface area contributed by atoms with E-state index in [4.69, 9.17) is 4.74 Å². The number of fused-ring (bicyclic) bond motifs is 2. The Morgan fingerprint density at radius 3 is 2.30 bits per heavy atom. The van der Waals surface area contributed by atoms with Crippen molar-refractivity contribution in [1.29, 1.82) is 0 Å². The molecule has 0 saturated carbocycles. The molecule has 4 rings (SSSR count). The molecule has 0 aliphatic carbocycles. The van der Waals surface area contributed by atoms with Gasteiger partial charge in [0.2, 0.25) is 0 Å². The Morgan fingerprint density at radius 2 is 1.74 bits per heavy atom. The molecule has 7 heteroatoms. The van der Waals surface area contributed by atoms with Crippen LogP contribution in [-0.2, 0) is 23.1 Å². The summed E-state index contributed by atoms with van der Waals surface area (Å²) in [6.07, 6.45) is -2.51. The van der Waals surface area contributed by atoms with Gasteiger partial charge in [-0.05, 0) is 24.5 Å². The van der Waals surface area contributed by atoms with Gasteiger partial charge in [0.15, 0.2) is 0 Å². The number of nitrogens with zero attached hydrogens (tertiary/aromatic N) is 2. The van der Waals surface area contributed by atoms with E-state index in [0.717, 1.165) is 18.8 Å². The minimum atomic E-state index is -4.48. The van der Waals surface area contributed by atoms with Crippen molar-refractivity contribution in [2.75, 3.05) is 13.2 Å². The lowest BCUT2D eigenvalue weighted by atomic mass is 9.77. The summed E-state index contributed by atoms with van der Waals surface area (Å²) in [5.74, 6) is 0. The first-order valence-corrected chi connectivity index (χ1v) is 8.99. The van der Waals surface area contributed by atoms with Crippen molar-refractivity contribution in [3.8, 4) is 0 Å². The fraction of sp³-hybridized carbons (Fsp3) is 0.450. The van der Waals surface area contributed by atoms with E-state index in [1.165, 1.54) is 11.6 Å². The van der Waals surface area contributed by atoms with Crippen LogP contribution in [0.5, 0.6) is 0 Å². The first kappa shape index (κ1) is 18.4. The van der Waals surface area contributed by atoms with Gasteiger partial charge in [-0.2, -0.15) is 13.2 Å². The Hall–Kier alpha value is -1.96. The van der Waals surface area contributed by atoms with Crippen LogP contribution in [-0.4, -0.2) is 40.3 Å². The number of benzene rings is 1. The van der Waals surface area contributed by atoms with Gasteiger partial charge in [-0.25, -0.2) is 0 Å². The van der Waals surface area contributed by atoms with Crippen LogP contribution in [0.4, 0.5) is 13.2 Å². The lowest BCUT2D eigenvalue weighted by molar-refractivity contribution is -0.150. The van der Waals surface area contributed by atoms with E-state index in [1.54, 1.807) is 0 Å². The summed E-state index contributed by atoms with van der Waals surface area (Å²) < 4.78 is 43.9. The second-order valence-corrected chi connectivity index (χ2v) is 7.37. The average molecular weight is 378 g/mol. The van der Waals surface area contributed by atoms with Crippen LogP contribution in [0.1, 0.15) is 29.7 Å². The zero-order valence-electron chi connectivity index (χ0n) is 14.7. The number of aliphatic hydroxyl groups is 1. The van der Waals surface area contributed by atoms with Crippen LogP contribution in [0.2, 0.25) is 0 Å². The van der Waals surface area contributed by atoms with Crippen molar-refractivity contribution in [3.63, 3.8) is 0 Å². The van der Waals surface area contributed by atoms with Gasteiger partial charge in [-0.15, -0.1) is 0 Å². The Morgan fingerprint density at radius 1 is 1.07 bits per heavy atom. The highest BCUT2D eigenvalue weighted by atomic mass is 19.4. The smallest absolute Gasteiger partial charge is 0.385 e. The number of pyridine rings is 1. The summed E-state index contributed by atoms with van der Waals surface area (Å²) in [5.41, 5.74) is -0.508. The minimum absolute atomic E-state index is 0.00463. The van der Waals surface area contributed by atoms with Crippen LogP contribution in [0, 0.1) is 0 Å². The van der Waals surface area contributed by atoms with Crippen molar-refractivity contribution < 1.29 is 23.0 Å². The van der Waals surface area contributed by atoms with Crippen LogP contribution in [0.25, 0.3) is 0 Å². The molecular formula is C20H21F3N2O2. The Balaban J connectivity index is 1.55. The Labute approximate surface area is 155 Å². The molecule has 4 nitrogen and oxygen atoms in total. The molecule has 2 unspecified atom stereocenters. The summed E-state index contributed by atoms with van der Waals surface area (Å²) >= 11 is 0. The van der Waals surface area contributed by atoms with Crippen molar-refractivity contribution >= 4 is 0 Å². The van der Waals surface area contributed by atoms with Gasteiger partial charge in [0, 0.05) is 30.4 Å². The van der Waals surface area contributed by atoms with E-state index < -0.39 is 17.5 Å². The highest BCUT2D eigenvalue weighted by molar-refractivity contribution is 5.25. The Kier molecular flexibility index (Phi) is 4.70. The van der Waals surface area contributed by atoms with E-state index in [9.17, 15) is 18.3 Å². The molecular weight excluding hydrogens is 357 g/mol. The molecule has 27 heavy (non-hydrogen) atoms. The topological polar surface area (TPSA) is 45.6 Å². The maximum atomic E-state index is 12.8. The third kappa shape index (κ3) is 3.72. The van der Waals surface area contributed by atoms with E-state index in [1.807, 2.05) is 18.2 Å². The number of hydrogen-bond acceptors (Lipinski definition) is 4. The zero-order chi connectivity index (χ0) is 19.1. The molecule has 2 aromatic rings. The standard InChI is InChI=1S/C20H21F3N2O2/c21-20(22,23)18-7-6-15(10-24-18)19(26)8-16-12-27-13-17(9-19)25(16)11-14-4-2-1-3-5-14/h1-7,10,16-17,26H,8-9,11-13H2. The molecule has 2 aliphatic rings. The monoisotopic (exact) mass is 378 g/mol. The second kappa shape index (κ2) is 6.89. The normalized spacial score (nSPS) is 28.9. The number of rotatable bonds is 3. The van der Waals surface area contributed by atoms with Gasteiger partial charge in [-0.3, -0.25) is 9.88 Å². The highest BCUT2D eigenvalue weighted by Gasteiger charge is 2.47. The first-order chi connectivity index (χ1) is 12.9. The number of piperidine rings is 1. The molecule has 1 N–H and O–H groups in total. The molecule has 2 aliphatic heterocycles. The fourth-order valence-corrected chi connectivity index (χ4v) is 4.17. The number of hydrogen-bond donors (Lipinski definition) is 1. The zero-order valence-corrected chi connectivity index (χ0v) is 14.7. The van der Waals surface area contributed by atoms with E-state index in [0.29, 0.717) is 31.6 Å². The van der Waals surface area contributed by atoms with Crippen molar-refractivity contribution in [2.45, 2.75) is 43.2 Å².